The zero-order valence-electron chi connectivity index (χ0n) is 20.5. The standard InChI is InChI=1S/C27H34N2O3S/c1-19(30)23-18-33-26(28-23)17-29(16-21-7-10-22(11-8-21)27(2,3)4)14-13-20-9-12-24(31-5)25(15-20)32-6/h7-12,15,18H,13-14,16-17H2,1-6H3. The number of carbonyl (C=O) groups excluding carboxylic acids is 1. The third-order valence-electron chi connectivity index (χ3n) is 5.66. The summed E-state index contributed by atoms with van der Waals surface area (Å²) in [5.74, 6) is 1.48. The third-order valence-corrected chi connectivity index (χ3v) is 6.50. The van der Waals surface area contributed by atoms with Crippen LogP contribution in [0.1, 0.15) is 59.9 Å². The molecule has 1 aromatic heterocycles. The predicted octanol–water partition coefficient (Wildman–Crippen LogP) is 5.91. The van der Waals surface area contributed by atoms with Crippen LogP contribution in [0, 0.1) is 0 Å². The van der Waals surface area contributed by atoms with Crippen molar-refractivity contribution in [3.05, 3.63) is 75.2 Å². The molecule has 0 fully saturated rings. The summed E-state index contributed by atoms with van der Waals surface area (Å²) >= 11 is 1.55. The zero-order chi connectivity index (χ0) is 24.0. The van der Waals surface area contributed by atoms with E-state index in [4.69, 9.17) is 9.47 Å². The summed E-state index contributed by atoms with van der Waals surface area (Å²) < 4.78 is 10.8. The highest BCUT2D eigenvalue weighted by atomic mass is 32.1. The number of benzene rings is 2. The minimum absolute atomic E-state index is 0.00662. The second-order valence-electron chi connectivity index (χ2n) is 9.28. The number of Topliss-reactive ketones (excluding diaryl/α,β-unsaturated/α-hetero) is 1. The highest BCUT2D eigenvalue weighted by molar-refractivity contribution is 7.09. The maximum absolute atomic E-state index is 11.7. The lowest BCUT2D eigenvalue weighted by Gasteiger charge is -2.23. The minimum atomic E-state index is 0.00662. The van der Waals surface area contributed by atoms with Gasteiger partial charge in [0.2, 0.25) is 0 Å². The van der Waals surface area contributed by atoms with E-state index in [0.717, 1.165) is 36.0 Å². The maximum Gasteiger partial charge on any atom is 0.178 e. The average molecular weight is 467 g/mol. The molecule has 0 aliphatic carbocycles. The Morgan fingerprint density at radius 3 is 2.21 bits per heavy atom. The normalized spacial score (nSPS) is 11.6. The number of thiazole rings is 1. The Balaban J connectivity index is 1.76. The van der Waals surface area contributed by atoms with Crippen LogP contribution >= 0.6 is 11.3 Å². The molecule has 1 heterocycles. The van der Waals surface area contributed by atoms with Crippen LogP contribution in [0.3, 0.4) is 0 Å². The first-order valence-corrected chi connectivity index (χ1v) is 12.1. The summed E-state index contributed by atoms with van der Waals surface area (Å²) in [6.45, 7) is 10.6. The molecule has 0 aliphatic heterocycles. The molecule has 0 unspecified atom stereocenters. The zero-order valence-corrected chi connectivity index (χ0v) is 21.3. The monoisotopic (exact) mass is 466 g/mol. The van der Waals surface area contributed by atoms with Crippen molar-refractivity contribution >= 4 is 17.1 Å². The predicted molar refractivity (Wildman–Crippen MR) is 135 cm³/mol. The Morgan fingerprint density at radius 2 is 1.64 bits per heavy atom. The first-order chi connectivity index (χ1) is 15.7. The Hall–Kier alpha value is -2.70. The van der Waals surface area contributed by atoms with Crippen LogP contribution in [0.15, 0.2) is 47.8 Å². The van der Waals surface area contributed by atoms with Crippen LogP contribution in [-0.2, 0) is 24.9 Å². The van der Waals surface area contributed by atoms with Gasteiger partial charge in [-0.3, -0.25) is 9.69 Å². The van der Waals surface area contributed by atoms with Gasteiger partial charge >= 0.3 is 0 Å². The minimum Gasteiger partial charge on any atom is -0.493 e. The lowest BCUT2D eigenvalue weighted by molar-refractivity contribution is 0.101. The van der Waals surface area contributed by atoms with Crippen LogP contribution in [0.25, 0.3) is 0 Å². The molecule has 5 nitrogen and oxygen atoms in total. The number of rotatable bonds is 10. The molecule has 2 aromatic carbocycles. The largest absolute Gasteiger partial charge is 0.493 e. The molecular formula is C27H34N2O3S. The van der Waals surface area contributed by atoms with Gasteiger partial charge in [0.25, 0.3) is 0 Å². The van der Waals surface area contributed by atoms with Gasteiger partial charge in [-0.15, -0.1) is 11.3 Å². The van der Waals surface area contributed by atoms with Crippen LogP contribution in [0.5, 0.6) is 11.5 Å². The van der Waals surface area contributed by atoms with Crippen LogP contribution in [0.2, 0.25) is 0 Å². The van der Waals surface area contributed by atoms with Crippen molar-refractivity contribution in [1.82, 2.24) is 9.88 Å². The van der Waals surface area contributed by atoms with Crippen molar-refractivity contribution in [2.45, 2.75) is 52.6 Å². The van der Waals surface area contributed by atoms with Crippen molar-refractivity contribution in [2.24, 2.45) is 0 Å². The van der Waals surface area contributed by atoms with Gasteiger partial charge in [-0.05, 0) is 40.7 Å². The van der Waals surface area contributed by atoms with Gasteiger partial charge in [0.1, 0.15) is 10.7 Å². The van der Waals surface area contributed by atoms with Crippen LogP contribution in [0.4, 0.5) is 0 Å². The molecular weight excluding hydrogens is 432 g/mol. The SMILES string of the molecule is COc1ccc(CCN(Cc2ccc(C(C)(C)C)cc2)Cc2nc(C(C)=O)cs2)cc1OC. The molecule has 3 aromatic rings. The average Bonchev–Trinajstić information content (AvgIpc) is 3.26. The van der Waals surface area contributed by atoms with Crippen molar-refractivity contribution in [3.8, 4) is 11.5 Å². The molecule has 6 heteroatoms. The molecule has 176 valence electrons. The summed E-state index contributed by atoms with van der Waals surface area (Å²) in [5.41, 5.74) is 4.46. The van der Waals surface area contributed by atoms with Gasteiger partial charge in [-0.1, -0.05) is 51.1 Å². The van der Waals surface area contributed by atoms with E-state index in [1.807, 2.05) is 17.5 Å². The van der Waals surface area contributed by atoms with Crippen molar-refractivity contribution in [3.63, 3.8) is 0 Å². The van der Waals surface area contributed by atoms with Crippen molar-refractivity contribution < 1.29 is 14.3 Å². The highest BCUT2D eigenvalue weighted by Gasteiger charge is 2.15. The molecule has 33 heavy (non-hydrogen) atoms. The summed E-state index contributed by atoms with van der Waals surface area (Å²) in [4.78, 5) is 18.6. The number of nitrogens with zero attached hydrogens (tertiary/aromatic N) is 2. The van der Waals surface area contributed by atoms with E-state index in [1.54, 1.807) is 32.5 Å². The molecule has 0 saturated carbocycles. The number of ether oxygens (including phenoxy) is 2. The first kappa shape index (κ1) is 24.9. The molecule has 0 radical (unpaired) electrons. The number of aromatic nitrogens is 1. The Morgan fingerprint density at radius 1 is 0.970 bits per heavy atom. The Kier molecular flexibility index (Phi) is 8.27. The van der Waals surface area contributed by atoms with Crippen LogP contribution < -0.4 is 9.47 Å². The van der Waals surface area contributed by atoms with E-state index in [1.165, 1.54) is 16.7 Å². The number of carbonyl (C=O) groups is 1. The molecule has 0 spiro atoms. The molecule has 0 bridgehead atoms. The van der Waals surface area contributed by atoms with Gasteiger partial charge in [0, 0.05) is 25.4 Å². The second kappa shape index (κ2) is 10.9. The summed E-state index contributed by atoms with van der Waals surface area (Å²) in [7, 11) is 3.30. The fraction of sp³-hybridized carbons (Fsp3) is 0.407. The summed E-state index contributed by atoms with van der Waals surface area (Å²) in [5, 5.41) is 2.81. The lowest BCUT2D eigenvalue weighted by Crippen LogP contribution is -2.25. The third kappa shape index (κ3) is 6.89. The van der Waals surface area contributed by atoms with E-state index in [9.17, 15) is 4.79 Å². The molecule has 3 rings (SSSR count). The summed E-state index contributed by atoms with van der Waals surface area (Å²) in [6.07, 6.45) is 0.866. The van der Waals surface area contributed by atoms with Crippen molar-refractivity contribution in [1.29, 1.82) is 0 Å². The molecule has 0 atom stereocenters. The van der Waals surface area contributed by atoms with Gasteiger partial charge < -0.3 is 9.47 Å². The van der Waals surface area contributed by atoms with Gasteiger partial charge in [0.05, 0.1) is 20.8 Å². The number of hydrogen-bond donors (Lipinski definition) is 0. The highest BCUT2D eigenvalue weighted by Crippen LogP contribution is 2.28. The van der Waals surface area contributed by atoms with E-state index in [-0.39, 0.29) is 11.2 Å². The fourth-order valence-corrected chi connectivity index (χ4v) is 4.52. The number of ketones is 1. The molecule has 0 aliphatic rings. The van der Waals surface area contributed by atoms with E-state index in [0.29, 0.717) is 12.2 Å². The van der Waals surface area contributed by atoms with E-state index in [2.05, 4.69) is 61.0 Å². The van der Waals surface area contributed by atoms with E-state index >= 15 is 0 Å². The lowest BCUT2D eigenvalue weighted by atomic mass is 9.87. The molecule has 0 N–H and O–H groups in total. The first-order valence-electron chi connectivity index (χ1n) is 11.2. The Bertz CT molecular complexity index is 1070. The fourth-order valence-electron chi connectivity index (χ4n) is 3.64. The van der Waals surface area contributed by atoms with E-state index < -0.39 is 0 Å². The smallest absolute Gasteiger partial charge is 0.178 e. The summed E-state index contributed by atoms with van der Waals surface area (Å²) in [6, 6.07) is 14.9. The topological polar surface area (TPSA) is 51.7 Å². The maximum atomic E-state index is 11.7. The van der Waals surface area contributed by atoms with Gasteiger partial charge in [0.15, 0.2) is 17.3 Å². The number of methoxy groups -OCH3 is 2. The number of hydrogen-bond acceptors (Lipinski definition) is 6. The Labute approximate surface area is 201 Å². The molecule has 0 amide bonds. The molecule has 0 saturated heterocycles. The quantitative estimate of drug-likeness (QED) is 0.348. The van der Waals surface area contributed by atoms with Crippen LogP contribution in [-0.4, -0.2) is 36.4 Å². The van der Waals surface area contributed by atoms with Crippen molar-refractivity contribution in [2.75, 3.05) is 20.8 Å². The van der Waals surface area contributed by atoms with Gasteiger partial charge in [-0.25, -0.2) is 4.98 Å². The van der Waals surface area contributed by atoms with Gasteiger partial charge in [-0.2, -0.15) is 0 Å². The second-order valence-corrected chi connectivity index (χ2v) is 10.2.